The first-order valence-electron chi connectivity index (χ1n) is 13.5. The van der Waals surface area contributed by atoms with Crippen molar-refractivity contribution < 1.29 is 22.3 Å². The highest BCUT2D eigenvalue weighted by atomic mass is 19.2. The summed E-state index contributed by atoms with van der Waals surface area (Å²) in [5.74, 6) is -2.75. The number of ether oxygens (including phenoxy) is 1. The zero-order valence-electron chi connectivity index (χ0n) is 21.8. The van der Waals surface area contributed by atoms with Crippen LogP contribution in [0.1, 0.15) is 80.9 Å². The maximum atomic E-state index is 15.1. The molecule has 198 valence electrons. The minimum Gasteiger partial charge on any atom is -0.494 e. The van der Waals surface area contributed by atoms with Crippen LogP contribution in [0.3, 0.4) is 0 Å². The normalized spacial score (nSPS) is 17.7. The fraction of sp³-hybridized carbons (Fsp3) is 0.438. The van der Waals surface area contributed by atoms with Crippen molar-refractivity contribution in [2.24, 2.45) is 5.92 Å². The molecular formula is C32H36F4O. The second-order valence-electron chi connectivity index (χ2n) is 10.3. The van der Waals surface area contributed by atoms with Crippen LogP contribution in [0.15, 0.2) is 48.5 Å². The lowest BCUT2D eigenvalue weighted by atomic mass is 9.76. The molecule has 0 aromatic heterocycles. The molecule has 0 amide bonds. The molecule has 0 N–H and O–H groups in total. The molecule has 3 aromatic rings. The van der Waals surface area contributed by atoms with E-state index in [-0.39, 0.29) is 22.8 Å². The number of halogens is 4. The fourth-order valence-electron chi connectivity index (χ4n) is 5.60. The summed E-state index contributed by atoms with van der Waals surface area (Å²) in [6, 6.07) is 13.5. The van der Waals surface area contributed by atoms with E-state index in [0.29, 0.717) is 29.9 Å². The zero-order chi connectivity index (χ0) is 26.4. The highest BCUT2D eigenvalue weighted by molar-refractivity contribution is 5.65. The lowest BCUT2D eigenvalue weighted by molar-refractivity contribution is 0.298. The Kier molecular flexibility index (Phi) is 9.28. The van der Waals surface area contributed by atoms with E-state index in [4.69, 9.17) is 4.74 Å². The molecule has 1 fully saturated rings. The van der Waals surface area contributed by atoms with Gasteiger partial charge in [-0.25, -0.2) is 13.2 Å². The molecule has 1 saturated carbocycles. The van der Waals surface area contributed by atoms with E-state index < -0.39 is 23.3 Å². The Bertz CT molecular complexity index is 1180. The van der Waals surface area contributed by atoms with Crippen LogP contribution < -0.4 is 4.74 Å². The predicted octanol–water partition coefficient (Wildman–Crippen LogP) is 9.56. The summed E-state index contributed by atoms with van der Waals surface area (Å²) in [4.78, 5) is 0. The van der Waals surface area contributed by atoms with Crippen LogP contribution in [0.5, 0.6) is 5.75 Å². The Morgan fingerprint density at radius 1 is 0.730 bits per heavy atom. The van der Waals surface area contributed by atoms with Crippen molar-refractivity contribution in [3.8, 4) is 16.9 Å². The van der Waals surface area contributed by atoms with Crippen LogP contribution in [0, 0.1) is 29.2 Å². The molecule has 0 unspecified atom stereocenters. The van der Waals surface area contributed by atoms with E-state index in [0.717, 1.165) is 31.2 Å². The largest absolute Gasteiger partial charge is 0.494 e. The third kappa shape index (κ3) is 6.37. The Morgan fingerprint density at radius 3 is 2.14 bits per heavy atom. The number of unbranched alkanes of at least 4 members (excludes halogenated alkanes) is 2. The molecule has 37 heavy (non-hydrogen) atoms. The Morgan fingerprint density at radius 2 is 1.46 bits per heavy atom. The molecule has 0 aliphatic heterocycles. The van der Waals surface area contributed by atoms with Gasteiger partial charge in [-0.3, -0.25) is 0 Å². The number of benzene rings is 3. The van der Waals surface area contributed by atoms with Crippen molar-refractivity contribution in [3.05, 3.63) is 88.5 Å². The second kappa shape index (κ2) is 12.6. The third-order valence-corrected chi connectivity index (χ3v) is 7.91. The summed E-state index contributed by atoms with van der Waals surface area (Å²) in [7, 11) is 1.29. The van der Waals surface area contributed by atoms with Crippen LogP contribution in [0.25, 0.3) is 11.1 Å². The molecule has 5 heteroatoms. The quantitative estimate of drug-likeness (QED) is 0.194. The van der Waals surface area contributed by atoms with E-state index in [1.165, 1.54) is 44.9 Å². The summed E-state index contributed by atoms with van der Waals surface area (Å²) in [5, 5.41) is 0. The van der Waals surface area contributed by atoms with Gasteiger partial charge in [-0.15, -0.1) is 0 Å². The van der Waals surface area contributed by atoms with E-state index in [2.05, 4.69) is 6.92 Å². The zero-order valence-corrected chi connectivity index (χ0v) is 21.8. The summed E-state index contributed by atoms with van der Waals surface area (Å²) in [6.07, 6.45) is 9.81. The molecule has 3 aromatic carbocycles. The number of rotatable bonds is 10. The molecule has 0 saturated heterocycles. The van der Waals surface area contributed by atoms with Gasteiger partial charge in [0.2, 0.25) is 5.82 Å². The monoisotopic (exact) mass is 512 g/mol. The SMILES string of the molecule is CCCCCC1CCC(c2ccc(-c3ccc(CCc4ccc(OC)c(F)c4F)cc3)c(F)c2F)CC1. The van der Waals surface area contributed by atoms with Crippen molar-refractivity contribution in [2.45, 2.75) is 77.0 Å². The van der Waals surface area contributed by atoms with Crippen molar-refractivity contribution in [3.63, 3.8) is 0 Å². The van der Waals surface area contributed by atoms with Gasteiger partial charge in [0, 0.05) is 5.56 Å². The molecule has 0 heterocycles. The molecule has 0 radical (unpaired) electrons. The number of hydrogen-bond acceptors (Lipinski definition) is 1. The Balaban J connectivity index is 1.39. The molecule has 0 bridgehead atoms. The van der Waals surface area contributed by atoms with Gasteiger partial charge in [-0.2, -0.15) is 4.39 Å². The molecule has 4 rings (SSSR count). The number of hydrogen-bond donors (Lipinski definition) is 0. The maximum Gasteiger partial charge on any atom is 0.200 e. The Labute approximate surface area is 217 Å². The fourth-order valence-corrected chi connectivity index (χ4v) is 5.60. The van der Waals surface area contributed by atoms with Gasteiger partial charge in [0.15, 0.2) is 23.2 Å². The molecule has 0 spiro atoms. The predicted molar refractivity (Wildman–Crippen MR) is 141 cm³/mol. The molecule has 1 aliphatic rings. The molecular weight excluding hydrogens is 476 g/mol. The van der Waals surface area contributed by atoms with E-state index in [1.54, 1.807) is 24.3 Å². The maximum absolute atomic E-state index is 15.1. The highest BCUT2D eigenvalue weighted by Gasteiger charge is 2.26. The van der Waals surface area contributed by atoms with Crippen LogP contribution in [0.2, 0.25) is 0 Å². The lowest BCUT2D eigenvalue weighted by Gasteiger charge is -2.29. The average molecular weight is 513 g/mol. The van der Waals surface area contributed by atoms with E-state index in [9.17, 15) is 8.78 Å². The molecule has 1 aliphatic carbocycles. The number of methoxy groups -OCH3 is 1. The van der Waals surface area contributed by atoms with Gasteiger partial charge in [0.1, 0.15) is 0 Å². The van der Waals surface area contributed by atoms with Gasteiger partial charge in [0.25, 0.3) is 0 Å². The van der Waals surface area contributed by atoms with Crippen LogP contribution in [0.4, 0.5) is 17.6 Å². The average Bonchev–Trinajstić information content (AvgIpc) is 2.92. The molecule has 0 atom stereocenters. The van der Waals surface area contributed by atoms with Crippen molar-refractivity contribution >= 4 is 0 Å². The second-order valence-corrected chi connectivity index (χ2v) is 10.3. The first-order chi connectivity index (χ1) is 17.9. The van der Waals surface area contributed by atoms with Crippen molar-refractivity contribution in [1.29, 1.82) is 0 Å². The van der Waals surface area contributed by atoms with Gasteiger partial charge in [-0.1, -0.05) is 75.1 Å². The van der Waals surface area contributed by atoms with Crippen LogP contribution >= 0.6 is 0 Å². The smallest absolute Gasteiger partial charge is 0.200 e. The van der Waals surface area contributed by atoms with E-state index >= 15 is 8.78 Å². The summed E-state index contributed by atoms with van der Waals surface area (Å²) in [6.45, 7) is 2.21. The first kappa shape index (κ1) is 27.2. The summed E-state index contributed by atoms with van der Waals surface area (Å²) >= 11 is 0. The van der Waals surface area contributed by atoms with Gasteiger partial charge in [0.05, 0.1) is 7.11 Å². The van der Waals surface area contributed by atoms with Gasteiger partial charge < -0.3 is 4.74 Å². The lowest BCUT2D eigenvalue weighted by Crippen LogP contribution is -2.15. The first-order valence-corrected chi connectivity index (χ1v) is 13.5. The Hall–Kier alpha value is -2.82. The summed E-state index contributed by atoms with van der Waals surface area (Å²) in [5.41, 5.74) is 2.49. The van der Waals surface area contributed by atoms with Gasteiger partial charge in [-0.05, 0) is 78.7 Å². The third-order valence-electron chi connectivity index (χ3n) is 7.91. The van der Waals surface area contributed by atoms with Crippen molar-refractivity contribution in [2.75, 3.05) is 7.11 Å². The highest BCUT2D eigenvalue weighted by Crippen LogP contribution is 2.40. The van der Waals surface area contributed by atoms with Gasteiger partial charge >= 0.3 is 0 Å². The molecule has 1 nitrogen and oxygen atoms in total. The minimum absolute atomic E-state index is 0.0801. The summed E-state index contributed by atoms with van der Waals surface area (Å²) < 4.78 is 63.3. The van der Waals surface area contributed by atoms with Crippen LogP contribution in [-0.4, -0.2) is 7.11 Å². The minimum atomic E-state index is -0.990. The van der Waals surface area contributed by atoms with E-state index in [1.807, 2.05) is 12.1 Å². The number of aryl methyl sites for hydroxylation is 2. The van der Waals surface area contributed by atoms with Crippen molar-refractivity contribution in [1.82, 2.24) is 0 Å². The standard InChI is InChI=1S/C32H36F4O/c1-3-4-5-6-21-7-12-23(13-8-21)26-18-19-27(31(35)30(26)34)24-14-9-22(10-15-24)11-16-25-17-20-28(37-2)32(36)29(25)33/h9-10,14-15,17-21,23H,3-8,11-13,16H2,1-2H3. The topological polar surface area (TPSA) is 9.23 Å². The van der Waals surface area contributed by atoms with Crippen LogP contribution in [-0.2, 0) is 12.8 Å².